The highest BCUT2D eigenvalue weighted by Gasteiger charge is 2.33. The van der Waals surface area contributed by atoms with Gasteiger partial charge < -0.3 is 20.4 Å². The zero-order valence-electron chi connectivity index (χ0n) is 15.6. The molecule has 2 aliphatic heterocycles. The normalized spacial score (nSPS) is 25.0. The van der Waals surface area contributed by atoms with Gasteiger partial charge in [-0.1, -0.05) is 24.6 Å². The maximum atomic E-state index is 6.56. The lowest BCUT2D eigenvalue weighted by atomic mass is 9.82. The molecule has 4 nitrogen and oxygen atoms in total. The van der Waals surface area contributed by atoms with E-state index in [0.717, 1.165) is 12.2 Å². The number of nitrogens with two attached hydrogens (primary N) is 1. The van der Waals surface area contributed by atoms with E-state index in [1.807, 2.05) is 0 Å². The van der Waals surface area contributed by atoms with Crippen LogP contribution >= 0.6 is 0 Å². The second-order valence-electron chi connectivity index (χ2n) is 7.91. The van der Waals surface area contributed by atoms with Crippen LogP contribution in [0.2, 0.25) is 0 Å². The number of benzene rings is 1. The van der Waals surface area contributed by atoms with Gasteiger partial charge in [-0.25, -0.2) is 0 Å². The highest BCUT2D eigenvalue weighted by atomic mass is 15.2. The standard InChI is InChI=1S/C21H32N4/c1-23-13-15-24(16-14-23)11-6-12-25-19-9-4-2-7-17(19)21(22)18-8-3-5-10-20(18)25/h2,4,7,9,20H,3,5-6,8,10-16,22H2,1H3. The average Bonchev–Trinajstić information content (AvgIpc) is 2.66. The molecule has 4 heteroatoms. The van der Waals surface area contributed by atoms with E-state index in [1.165, 1.54) is 81.7 Å². The molecule has 2 heterocycles. The van der Waals surface area contributed by atoms with Crippen LogP contribution in [0.15, 0.2) is 29.8 Å². The first-order valence-electron chi connectivity index (χ1n) is 9.99. The van der Waals surface area contributed by atoms with Crippen molar-refractivity contribution in [3.8, 4) is 0 Å². The molecule has 0 radical (unpaired) electrons. The molecule has 1 saturated carbocycles. The van der Waals surface area contributed by atoms with Gasteiger partial charge in [-0.15, -0.1) is 0 Å². The Morgan fingerprint density at radius 3 is 2.68 bits per heavy atom. The Labute approximate surface area is 152 Å². The molecule has 1 aromatic rings. The highest BCUT2D eigenvalue weighted by Crippen LogP contribution is 2.41. The van der Waals surface area contributed by atoms with Gasteiger partial charge in [0, 0.05) is 49.7 Å². The molecule has 0 amide bonds. The van der Waals surface area contributed by atoms with Crippen molar-refractivity contribution in [3.05, 3.63) is 35.4 Å². The second-order valence-corrected chi connectivity index (χ2v) is 7.91. The molecule has 0 bridgehead atoms. The molecule has 3 aliphatic rings. The van der Waals surface area contributed by atoms with Crippen LogP contribution < -0.4 is 10.6 Å². The average molecular weight is 341 g/mol. The van der Waals surface area contributed by atoms with E-state index in [2.05, 4.69) is 46.0 Å². The molecule has 1 aromatic carbocycles. The molecule has 2 fully saturated rings. The molecule has 136 valence electrons. The van der Waals surface area contributed by atoms with E-state index in [4.69, 9.17) is 5.73 Å². The van der Waals surface area contributed by atoms with Gasteiger partial charge in [0.2, 0.25) is 0 Å². The summed E-state index contributed by atoms with van der Waals surface area (Å²) in [5.74, 6) is 0. The molecule has 1 saturated heterocycles. The van der Waals surface area contributed by atoms with Crippen molar-refractivity contribution in [2.75, 3.05) is 51.2 Å². The van der Waals surface area contributed by atoms with Crippen LogP contribution in [0.5, 0.6) is 0 Å². The predicted molar refractivity (Wildman–Crippen MR) is 106 cm³/mol. The van der Waals surface area contributed by atoms with Gasteiger partial charge >= 0.3 is 0 Å². The Morgan fingerprint density at radius 2 is 1.84 bits per heavy atom. The van der Waals surface area contributed by atoms with Gasteiger partial charge in [0.25, 0.3) is 0 Å². The topological polar surface area (TPSA) is 35.7 Å². The molecule has 1 aliphatic carbocycles. The highest BCUT2D eigenvalue weighted by molar-refractivity contribution is 5.82. The van der Waals surface area contributed by atoms with E-state index < -0.39 is 0 Å². The van der Waals surface area contributed by atoms with Crippen molar-refractivity contribution in [1.29, 1.82) is 0 Å². The first-order chi connectivity index (χ1) is 12.2. The van der Waals surface area contributed by atoms with E-state index >= 15 is 0 Å². The van der Waals surface area contributed by atoms with Crippen LogP contribution in [0.1, 0.15) is 37.7 Å². The molecular formula is C21H32N4. The summed E-state index contributed by atoms with van der Waals surface area (Å²) >= 11 is 0. The number of likely N-dealkylation sites (N-methyl/N-ethyl adjacent to an activating group) is 1. The summed E-state index contributed by atoms with van der Waals surface area (Å²) in [6.45, 7) is 7.21. The summed E-state index contributed by atoms with van der Waals surface area (Å²) < 4.78 is 0. The van der Waals surface area contributed by atoms with E-state index in [9.17, 15) is 0 Å². The Hall–Kier alpha value is -1.52. The Kier molecular flexibility index (Phi) is 5.00. The van der Waals surface area contributed by atoms with Crippen LogP contribution in [0.4, 0.5) is 5.69 Å². The Morgan fingerprint density at radius 1 is 1.04 bits per heavy atom. The second kappa shape index (κ2) is 7.38. The summed E-state index contributed by atoms with van der Waals surface area (Å²) in [6.07, 6.45) is 6.31. The predicted octanol–water partition coefficient (Wildman–Crippen LogP) is 2.76. The zero-order chi connectivity index (χ0) is 17.2. The number of anilines is 1. The summed E-state index contributed by atoms with van der Waals surface area (Å²) in [7, 11) is 2.23. The smallest absolute Gasteiger partial charge is 0.0525 e. The minimum absolute atomic E-state index is 0.538. The summed E-state index contributed by atoms with van der Waals surface area (Å²) in [5.41, 5.74) is 11.7. The van der Waals surface area contributed by atoms with Gasteiger partial charge in [-0.2, -0.15) is 0 Å². The van der Waals surface area contributed by atoms with Crippen LogP contribution in [-0.4, -0.2) is 62.2 Å². The fourth-order valence-corrected chi connectivity index (χ4v) is 4.76. The lowest BCUT2D eigenvalue weighted by Crippen LogP contribution is -2.46. The first-order valence-corrected chi connectivity index (χ1v) is 9.99. The summed E-state index contributed by atoms with van der Waals surface area (Å²) in [4.78, 5) is 7.72. The summed E-state index contributed by atoms with van der Waals surface area (Å²) in [6, 6.07) is 9.29. The number of hydrogen-bond acceptors (Lipinski definition) is 4. The third-order valence-electron chi connectivity index (χ3n) is 6.27. The number of hydrogen-bond donors (Lipinski definition) is 1. The number of fused-ring (bicyclic) bond motifs is 2. The third kappa shape index (κ3) is 3.42. The van der Waals surface area contributed by atoms with Gasteiger partial charge in [-0.05, 0) is 50.9 Å². The molecule has 0 aromatic heterocycles. The Bertz CT molecular complexity index is 631. The lowest BCUT2D eigenvalue weighted by molar-refractivity contribution is 0.153. The minimum Gasteiger partial charge on any atom is -0.398 e. The number of piperazine rings is 1. The molecule has 4 rings (SSSR count). The van der Waals surface area contributed by atoms with Crippen molar-refractivity contribution in [2.24, 2.45) is 5.73 Å². The maximum absolute atomic E-state index is 6.56. The van der Waals surface area contributed by atoms with Crippen molar-refractivity contribution in [3.63, 3.8) is 0 Å². The van der Waals surface area contributed by atoms with Crippen molar-refractivity contribution < 1.29 is 0 Å². The first kappa shape index (κ1) is 16.9. The van der Waals surface area contributed by atoms with Gasteiger partial charge in [-0.3, -0.25) is 0 Å². The van der Waals surface area contributed by atoms with E-state index in [1.54, 1.807) is 0 Å². The molecule has 25 heavy (non-hydrogen) atoms. The van der Waals surface area contributed by atoms with Crippen LogP contribution in [0.3, 0.4) is 0 Å². The molecule has 1 unspecified atom stereocenters. The van der Waals surface area contributed by atoms with Crippen molar-refractivity contribution in [2.45, 2.75) is 38.1 Å². The van der Waals surface area contributed by atoms with Gasteiger partial charge in [0.1, 0.15) is 0 Å². The van der Waals surface area contributed by atoms with Crippen LogP contribution in [0, 0.1) is 0 Å². The van der Waals surface area contributed by atoms with E-state index in [-0.39, 0.29) is 0 Å². The maximum Gasteiger partial charge on any atom is 0.0525 e. The fraction of sp³-hybridized carbons (Fsp3) is 0.619. The largest absolute Gasteiger partial charge is 0.398 e. The van der Waals surface area contributed by atoms with Crippen molar-refractivity contribution >= 4 is 11.4 Å². The van der Waals surface area contributed by atoms with E-state index in [0.29, 0.717) is 6.04 Å². The van der Waals surface area contributed by atoms with Crippen LogP contribution in [0.25, 0.3) is 5.70 Å². The van der Waals surface area contributed by atoms with Gasteiger partial charge in [0.15, 0.2) is 0 Å². The quantitative estimate of drug-likeness (QED) is 0.914. The summed E-state index contributed by atoms with van der Waals surface area (Å²) in [5, 5.41) is 0. The monoisotopic (exact) mass is 340 g/mol. The number of nitrogens with zero attached hydrogens (tertiary/aromatic N) is 3. The van der Waals surface area contributed by atoms with Crippen LogP contribution in [-0.2, 0) is 0 Å². The number of para-hydroxylation sites is 1. The molecule has 2 N–H and O–H groups in total. The molecule has 0 spiro atoms. The third-order valence-corrected chi connectivity index (χ3v) is 6.27. The fourth-order valence-electron chi connectivity index (χ4n) is 4.76. The SMILES string of the molecule is CN1CCN(CCCN2c3ccccc3C(N)=C3CCCCC32)CC1. The Balaban J connectivity index is 1.46. The molecule has 1 atom stereocenters. The zero-order valence-corrected chi connectivity index (χ0v) is 15.6. The van der Waals surface area contributed by atoms with Crippen molar-refractivity contribution in [1.82, 2.24) is 9.80 Å². The van der Waals surface area contributed by atoms with Gasteiger partial charge in [0.05, 0.1) is 6.04 Å². The molecular weight excluding hydrogens is 308 g/mol. The number of rotatable bonds is 4. The lowest BCUT2D eigenvalue weighted by Gasteiger charge is -2.43. The minimum atomic E-state index is 0.538.